The first-order valence-electron chi connectivity index (χ1n) is 5.50. The molecule has 0 heterocycles. The highest BCUT2D eigenvalue weighted by Crippen LogP contribution is 2.32. The fraction of sp³-hybridized carbons (Fsp3) is 0.500. The standard InChI is InChI=1S/C12H17Br2NO.ClH/c1-3-5-15-8-9-6-10(13)7-11(14)12(9)16-4-2;/h6-7,15H,3-5,8H2,1-2H3;1H. The van der Waals surface area contributed by atoms with Crippen LogP contribution in [-0.2, 0) is 6.54 Å². The molecule has 1 N–H and O–H groups in total. The van der Waals surface area contributed by atoms with E-state index in [0.717, 1.165) is 34.2 Å². The zero-order valence-corrected chi connectivity index (χ0v) is 14.0. The van der Waals surface area contributed by atoms with Crippen molar-refractivity contribution in [2.24, 2.45) is 0 Å². The maximum atomic E-state index is 5.65. The molecule has 0 radical (unpaired) electrons. The zero-order valence-electron chi connectivity index (χ0n) is 10.1. The molecule has 0 atom stereocenters. The van der Waals surface area contributed by atoms with E-state index in [1.165, 1.54) is 5.56 Å². The monoisotopic (exact) mass is 385 g/mol. The van der Waals surface area contributed by atoms with Gasteiger partial charge in [0.05, 0.1) is 11.1 Å². The largest absolute Gasteiger partial charge is 0.492 e. The van der Waals surface area contributed by atoms with E-state index in [4.69, 9.17) is 4.74 Å². The molecule has 0 fully saturated rings. The second-order valence-corrected chi connectivity index (χ2v) is 5.26. The van der Waals surface area contributed by atoms with Gasteiger partial charge in [0, 0.05) is 16.6 Å². The molecule has 0 aliphatic rings. The van der Waals surface area contributed by atoms with Crippen LogP contribution in [0.15, 0.2) is 21.1 Å². The van der Waals surface area contributed by atoms with Gasteiger partial charge in [0.25, 0.3) is 0 Å². The van der Waals surface area contributed by atoms with Gasteiger partial charge >= 0.3 is 0 Å². The minimum Gasteiger partial charge on any atom is -0.492 e. The van der Waals surface area contributed by atoms with Crippen molar-refractivity contribution in [2.45, 2.75) is 26.8 Å². The van der Waals surface area contributed by atoms with E-state index >= 15 is 0 Å². The van der Waals surface area contributed by atoms with Crippen molar-refractivity contribution < 1.29 is 4.74 Å². The van der Waals surface area contributed by atoms with Crippen LogP contribution in [0.4, 0.5) is 0 Å². The van der Waals surface area contributed by atoms with Crippen LogP contribution >= 0.6 is 44.3 Å². The van der Waals surface area contributed by atoms with Crippen molar-refractivity contribution in [3.8, 4) is 5.75 Å². The van der Waals surface area contributed by atoms with Crippen LogP contribution in [-0.4, -0.2) is 13.2 Å². The van der Waals surface area contributed by atoms with Crippen molar-refractivity contribution in [1.29, 1.82) is 0 Å². The Kier molecular flexibility index (Phi) is 9.32. The summed E-state index contributed by atoms with van der Waals surface area (Å²) in [6.07, 6.45) is 1.14. The molecular weight excluding hydrogens is 369 g/mol. The molecule has 0 amide bonds. The summed E-state index contributed by atoms with van der Waals surface area (Å²) in [5.41, 5.74) is 1.18. The molecule has 0 saturated carbocycles. The van der Waals surface area contributed by atoms with Crippen LogP contribution < -0.4 is 10.1 Å². The minimum absolute atomic E-state index is 0. The fourth-order valence-corrected chi connectivity index (χ4v) is 2.88. The van der Waals surface area contributed by atoms with Crippen molar-refractivity contribution in [3.63, 3.8) is 0 Å². The Morgan fingerprint density at radius 1 is 1.24 bits per heavy atom. The first-order valence-corrected chi connectivity index (χ1v) is 7.09. The number of ether oxygens (including phenoxy) is 1. The fourth-order valence-electron chi connectivity index (χ4n) is 1.45. The van der Waals surface area contributed by atoms with E-state index in [-0.39, 0.29) is 12.4 Å². The maximum Gasteiger partial charge on any atom is 0.138 e. The van der Waals surface area contributed by atoms with Gasteiger partial charge in [-0.1, -0.05) is 22.9 Å². The lowest BCUT2D eigenvalue weighted by Gasteiger charge is -2.13. The molecular formula is C12H18Br2ClNO. The van der Waals surface area contributed by atoms with Crippen LogP contribution in [0.3, 0.4) is 0 Å². The van der Waals surface area contributed by atoms with E-state index in [1.54, 1.807) is 0 Å². The highest BCUT2D eigenvalue weighted by atomic mass is 79.9. The molecule has 0 saturated heterocycles. The van der Waals surface area contributed by atoms with Gasteiger partial charge in [0.1, 0.15) is 5.75 Å². The summed E-state index contributed by atoms with van der Waals surface area (Å²) in [5, 5.41) is 3.38. The van der Waals surface area contributed by atoms with E-state index in [1.807, 2.05) is 13.0 Å². The Morgan fingerprint density at radius 2 is 1.94 bits per heavy atom. The number of nitrogens with one attached hydrogen (secondary N) is 1. The summed E-state index contributed by atoms with van der Waals surface area (Å²) < 4.78 is 7.71. The molecule has 1 rings (SSSR count). The third-order valence-corrected chi connectivity index (χ3v) is 3.16. The molecule has 0 aliphatic carbocycles. The predicted octanol–water partition coefficient (Wildman–Crippen LogP) is 4.53. The topological polar surface area (TPSA) is 21.3 Å². The van der Waals surface area contributed by atoms with Crippen LogP contribution in [0.1, 0.15) is 25.8 Å². The molecule has 1 aromatic rings. The number of benzene rings is 1. The van der Waals surface area contributed by atoms with Crippen molar-refractivity contribution in [2.75, 3.05) is 13.2 Å². The Labute approximate surface area is 126 Å². The lowest BCUT2D eigenvalue weighted by molar-refractivity contribution is 0.333. The summed E-state index contributed by atoms with van der Waals surface area (Å²) in [4.78, 5) is 0. The Hall–Kier alpha value is 0.230. The average molecular weight is 388 g/mol. The van der Waals surface area contributed by atoms with Gasteiger partial charge in [0.2, 0.25) is 0 Å². The van der Waals surface area contributed by atoms with Crippen LogP contribution in [0.5, 0.6) is 5.75 Å². The van der Waals surface area contributed by atoms with Gasteiger partial charge in [-0.15, -0.1) is 12.4 Å². The second kappa shape index (κ2) is 9.20. The van der Waals surface area contributed by atoms with Gasteiger partial charge < -0.3 is 10.1 Å². The molecule has 1 aromatic carbocycles. The van der Waals surface area contributed by atoms with Crippen LogP contribution in [0, 0.1) is 0 Å². The highest BCUT2D eigenvalue weighted by Gasteiger charge is 2.09. The van der Waals surface area contributed by atoms with E-state index in [2.05, 4.69) is 50.2 Å². The molecule has 98 valence electrons. The number of hydrogen-bond acceptors (Lipinski definition) is 2. The van der Waals surface area contributed by atoms with Crippen molar-refractivity contribution >= 4 is 44.3 Å². The van der Waals surface area contributed by atoms with E-state index in [9.17, 15) is 0 Å². The third-order valence-electron chi connectivity index (χ3n) is 2.12. The van der Waals surface area contributed by atoms with Gasteiger partial charge in [-0.05, 0) is 48.0 Å². The van der Waals surface area contributed by atoms with E-state index < -0.39 is 0 Å². The molecule has 17 heavy (non-hydrogen) atoms. The molecule has 0 unspecified atom stereocenters. The lowest BCUT2D eigenvalue weighted by Crippen LogP contribution is -2.15. The first kappa shape index (κ1) is 17.2. The third kappa shape index (κ3) is 5.60. The predicted molar refractivity (Wildman–Crippen MR) is 82.3 cm³/mol. The quantitative estimate of drug-likeness (QED) is 0.724. The van der Waals surface area contributed by atoms with E-state index in [0.29, 0.717) is 6.61 Å². The maximum absolute atomic E-state index is 5.65. The molecule has 0 aromatic heterocycles. The van der Waals surface area contributed by atoms with Gasteiger partial charge in [-0.3, -0.25) is 0 Å². The molecule has 5 heteroatoms. The smallest absolute Gasteiger partial charge is 0.138 e. The van der Waals surface area contributed by atoms with Crippen LogP contribution in [0.2, 0.25) is 0 Å². The SMILES string of the molecule is CCCNCc1cc(Br)cc(Br)c1OCC.Cl. The zero-order chi connectivity index (χ0) is 12.0. The number of rotatable bonds is 6. The van der Waals surface area contributed by atoms with Crippen molar-refractivity contribution in [1.82, 2.24) is 5.32 Å². The van der Waals surface area contributed by atoms with Gasteiger partial charge in [-0.25, -0.2) is 0 Å². The second-order valence-electron chi connectivity index (χ2n) is 3.49. The first-order chi connectivity index (χ1) is 7.69. The summed E-state index contributed by atoms with van der Waals surface area (Å²) >= 11 is 7.02. The van der Waals surface area contributed by atoms with Crippen molar-refractivity contribution in [3.05, 3.63) is 26.6 Å². The number of hydrogen-bond donors (Lipinski definition) is 1. The average Bonchev–Trinajstić information content (AvgIpc) is 2.23. The Morgan fingerprint density at radius 3 is 2.53 bits per heavy atom. The summed E-state index contributed by atoms with van der Waals surface area (Å²) in [6.45, 7) is 6.70. The molecule has 0 bridgehead atoms. The summed E-state index contributed by atoms with van der Waals surface area (Å²) in [7, 11) is 0. The van der Waals surface area contributed by atoms with Gasteiger partial charge in [0.15, 0.2) is 0 Å². The Balaban J connectivity index is 0.00000256. The lowest BCUT2D eigenvalue weighted by atomic mass is 10.2. The highest BCUT2D eigenvalue weighted by molar-refractivity contribution is 9.11. The molecule has 0 aliphatic heterocycles. The molecule has 2 nitrogen and oxygen atoms in total. The van der Waals surface area contributed by atoms with Gasteiger partial charge in [-0.2, -0.15) is 0 Å². The summed E-state index contributed by atoms with van der Waals surface area (Å²) in [5.74, 6) is 0.939. The minimum atomic E-state index is 0. The molecule has 0 spiro atoms. The normalized spacial score (nSPS) is 9.88. The number of halogens is 3. The summed E-state index contributed by atoms with van der Waals surface area (Å²) in [6, 6.07) is 4.10. The Bertz CT molecular complexity index is 348. The van der Waals surface area contributed by atoms with Crippen LogP contribution in [0.25, 0.3) is 0 Å².